The van der Waals surface area contributed by atoms with Crippen molar-refractivity contribution in [1.82, 2.24) is 0 Å². The van der Waals surface area contributed by atoms with E-state index >= 15 is 0 Å². The highest BCUT2D eigenvalue weighted by molar-refractivity contribution is 5.85. The standard InChI is InChI=1S/C20H34N2.ClH/c1-3-4-5-6-7-8-9-10-11-14-17-22-18-21(2)19-15-12-13-16-20(19)22;/h12-13,15-16H,3-11,14,17-18H2,1-2H3;1H. The Morgan fingerprint density at radius 1 is 0.783 bits per heavy atom. The van der Waals surface area contributed by atoms with E-state index in [9.17, 15) is 0 Å². The van der Waals surface area contributed by atoms with Crippen molar-refractivity contribution in [3.05, 3.63) is 24.3 Å². The lowest BCUT2D eigenvalue weighted by molar-refractivity contribution is 0.555. The largest absolute Gasteiger partial charge is 0.355 e. The molecule has 1 aromatic rings. The number of nitrogens with zero attached hydrogens (tertiary/aromatic N) is 2. The molecule has 0 atom stereocenters. The molecule has 0 radical (unpaired) electrons. The molecule has 1 aromatic carbocycles. The van der Waals surface area contributed by atoms with E-state index in [2.05, 4.69) is 48.0 Å². The number of rotatable bonds is 11. The Morgan fingerprint density at radius 3 is 1.91 bits per heavy atom. The lowest BCUT2D eigenvalue weighted by atomic mass is 10.1. The zero-order valence-corrected chi connectivity index (χ0v) is 15.9. The predicted octanol–water partition coefficient (Wildman–Crippen LogP) is 6.24. The molecule has 0 fully saturated rings. The van der Waals surface area contributed by atoms with E-state index in [0.29, 0.717) is 0 Å². The first kappa shape index (κ1) is 20.2. The van der Waals surface area contributed by atoms with Crippen molar-refractivity contribution >= 4 is 23.8 Å². The second-order valence-corrected chi connectivity index (χ2v) is 6.77. The van der Waals surface area contributed by atoms with Crippen LogP contribution in [0.4, 0.5) is 11.4 Å². The number of hydrogen-bond donors (Lipinski definition) is 0. The van der Waals surface area contributed by atoms with Crippen LogP contribution < -0.4 is 9.80 Å². The van der Waals surface area contributed by atoms with E-state index in [0.717, 1.165) is 6.67 Å². The Bertz CT molecular complexity index is 422. The highest BCUT2D eigenvalue weighted by atomic mass is 35.5. The average Bonchev–Trinajstić information content (AvgIpc) is 2.86. The second-order valence-electron chi connectivity index (χ2n) is 6.77. The minimum absolute atomic E-state index is 0. The maximum atomic E-state index is 2.53. The third-order valence-electron chi connectivity index (χ3n) is 4.80. The third-order valence-corrected chi connectivity index (χ3v) is 4.80. The Hall–Kier alpha value is -0.890. The Balaban J connectivity index is 0.00000264. The summed E-state index contributed by atoms with van der Waals surface area (Å²) in [6.07, 6.45) is 14.1. The SMILES string of the molecule is CCCCCCCCCCCCN1CN(C)c2ccccc21.Cl. The molecule has 0 saturated carbocycles. The van der Waals surface area contributed by atoms with Crippen LogP contribution in [0.1, 0.15) is 71.1 Å². The summed E-state index contributed by atoms with van der Waals surface area (Å²) in [6, 6.07) is 8.78. The van der Waals surface area contributed by atoms with Crippen molar-refractivity contribution in [3.8, 4) is 0 Å². The molecule has 2 nitrogen and oxygen atoms in total. The van der Waals surface area contributed by atoms with Crippen LogP contribution in [-0.2, 0) is 0 Å². The molecule has 0 unspecified atom stereocenters. The maximum Gasteiger partial charge on any atom is 0.0901 e. The van der Waals surface area contributed by atoms with Gasteiger partial charge in [0.2, 0.25) is 0 Å². The second kappa shape index (κ2) is 11.6. The van der Waals surface area contributed by atoms with Crippen LogP contribution in [0.3, 0.4) is 0 Å². The van der Waals surface area contributed by atoms with E-state index in [1.54, 1.807) is 0 Å². The molecule has 0 spiro atoms. The summed E-state index contributed by atoms with van der Waals surface area (Å²) in [5.74, 6) is 0. The van der Waals surface area contributed by atoms with Gasteiger partial charge in [0.05, 0.1) is 18.0 Å². The van der Waals surface area contributed by atoms with E-state index in [4.69, 9.17) is 0 Å². The summed E-state index contributed by atoms with van der Waals surface area (Å²) in [5, 5.41) is 0. The molecule has 0 N–H and O–H groups in total. The minimum Gasteiger partial charge on any atom is -0.355 e. The summed E-state index contributed by atoms with van der Waals surface area (Å²) in [5.41, 5.74) is 2.80. The number of para-hydroxylation sites is 2. The summed E-state index contributed by atoms with van der Waals surface area (Å²) in [7, 11) is 2.19. The van der Waals surface area contributed by atoms with Crippen LogP contribution in [0.5, 0.6) is 0 Å². The molecular formula is C20H35ClN2. The normalized spacial score (nSPS) is 13.1. The molecule has 23 heavy (non-hydrogen) atoms. The van der Waals surface area contributed by atoms with E-state index in [1.165, 1.54) is 82.1 Å². The first-order valence-electron chi connectivity index (χ1n) is 9.38. The van der Waals surface area contributed by atoms with Gasteiger partial charge in [-0.15, -0.1) is 12.4 Å². The van der Waals surface area contributed by atoms with Crippen molar-refractivity contribution < 1.29 is 0 Å². The summed E-state index contributed by atoms with van der Waals surface area (Å²) in [4.78, 5) is 4.88. The van der Waals surface area contributed by atoms with Gasteiger partial charge in [0.25, 0.3) is 0 Å². The van der Waals surface area contributed by atoms with Gasteiger partial charge in [-0.05, 0) is 18.6 Å². The van der Waals surface area contributed by atoms with Crippen LogP contribution in [0.2, 0.25) is 0 Å². The van der Waals surface area contributed by atoms with Crippen LogP contribution in [0.25, 0.3) is 0 Å². The van der Waals surface area contributed by atoms with Gasteiger partial charge in [-0.1, -0.05) is 76.8 Å². The van der Waals surface area contributed by atoms with Gasteiger partial charge >= 0.3 is 0 Å². The van der Waals surface area contributed by atoms with Gasteiger partial charge in [-0.2, -0.15) is 0 Å². The Kier molecular flexibility index (Phi) is 10.2. The number of benzene rings is 1. The number of anilines is 2. The van der Waals surface area contributed by atoms with Crippen molar-refractivity contribution in [3.63, 3.8) is 0 Å². The minimum atomic E-state index is 0. The van der Waals surface area contributed by atoms with Gasteiger partial charge < -0.3 is 9.80 Å². The van der Waals surface area contributed by atoms with Gasteiger partial charge in [0, 0.05) is 13.6 Å². The summed E-state index contributed by atoms with van der Waals surface area (Å²) >= 11 is 0. The van der Waals surface area contributed by atoms with Crippen molar-refractivity contribution in [1.29, 1.82) is 0 Å². The molecule has 0 aliphatic carbocycles. The molecule has 132 valence electrons. The fourth-order valence-electron chi connectivity index (χ4n) is 3.44. The number of unbranched alkanes of at least 4 members (excludes halogenated alkanes) is 9. The molecule has 0 bridgehead atoms. The van der Waals surface area contributed by atoms with Crippen LogP contribution in [-0.4, -0.2) is 20.3 Å². The predicted molar refractivity (Wildman–Crippen MR) is 106 cm³/mol. The number of halogens is 1. The zero-order valence-electron chi connectivity index (χ0n) is 15.1. The van der Waals surface area contributed by atoms with Crippen molar-refractivity contribution in [2.45, 2.75) is 71.1 Å². The smallest absolute Gasteiger partial charge is 0.0901 e. The van der Waals surface area contributed by atoms with Gasteiger partial charge in [-0.25, -0.2) is 0 Å². The van der Waals surface area contributed by atoms with E-state index in [-0.39, 0.29) is 12.4 Å². The van der Waals surface area contributed by atoms with Crippen molar-refractivity contribution in [2.24, 2.45) is 0 Å². The molecule has 0 saturated heterocycles. The third kappa shape index (κ3) is 6.63. The number of fused-ring (bicyclic) bond motifs is 1. The molecule has 0 amide bonds. The monoisotopic (exact) mass is 338 g/mol. The highest BCUT2D eigenvalue weighted by Crippen LogP contribution is 2.34. The van der Waals surface area contributed by atoms with Gasteiger partial charge in [0.15, 0.2) is 0 Å². The lowest BCUT2D eigenvalue weighted by Gasteiger charge is -2.19. The highest BCUT2D eigenvalue weighted by Gasteiger charge is 2.21. The van der Waals surface area contributed by atoms with Crippen LogP contribution in [0.15, 0.2) is 24.3 Å². The van der Waals surface area contributed by atoms with Gasteiger partial charge in [0.1, 0.15) is 0 Å². The first-order valence-corrected chi connectivity index (χ1v) is 9.38. The molecule has 1 aliphatic heterocycles. The van der Waals surface area contributed by atoms with E-state index < -0.39 is 0 Å². The topological polar surface area (TPSA) is 6.48 Å². The fraction of sp³-hybridized carbons (Fsp3) is 0.700. The molecule has 0 aromatic heterocycles. The number of hydrogen-bond acceptors (Lipinski definition) is 2. The van der Waals surface area contributed by atoms with Crippen LogP contribution in [0, 0.1) is 0 Å². The molecular weight excluding hydrogens is 304 g/mol. The quantitative estimate of drug-likeness (QED) is 0.440. The molecule has 1 aliphatic rings. The van der Waals surface area contributed by atoms with E-state index in [1.807, 2.05) is 0 Å². The molecule has 2 rings (SSSR count). The fourth-order valence-corrected chi connectivity index (χ4v) is 3.44. The summed E-state index contributed by atoms with van der Waals surface area (Å²) < 4.78 is 0. The summed E-state index contributed by atoms with van der Waals surface area (Å²) in [6.45, 7) is 4.55. The Labute approximate surface area is 149 Å². The Morgan fingerprint density at radius 2 is 1.30 bits per heavy atom. The molecule has 1 heterocycles. The molecule has 3 heteroatoms. The maximum absolute atomic E-state index is 2.53. The van der Waals surface area contributed by atoms with Crippen LogP contribution >= 0.6 is 12.4 Å². The van der Waals surface area contributed by atoms with Crippen molar-refractivity contribution in [2.75, 3.05) is 30.1 Å². The lowest BCUT2D eigenvalue weighted by Crippen LogP contribution is -2.28. The zero-order chi connectivity index (χ0) is 15.6. The first-order chi connectivity index (χ1) is 10.8. The van der Waals surface area contributed by atoms with Gasteiger partial charge in [-0.3, -0.25) is 0 Å². The average molecular weight is 339 g/mol.